The lowest BCUT2D eigenvalue weighted by molar-refractivity contribution is 0.102. The molecule has 208 valence electrons. The summed E-state index contributed by atoms with van der Waals surface area (Å²) in [5.41, 5.74) is 1.59. The first-order valence-electron chi connectivity index (χ1n) is 11.9. The second kappa shape index (κ2) is 11.3. The Kier molecular flexibility index (Phi) is 8.48. The molecule has 1 aliphatic heterocycles. The summed E-state index contributed by atoms with van der Waals surface area (Å²) in [6, 6.07) is 17.3. The number of nitrogens with one attached hydrogen (secondary N) is 1. The van der Waals surface area contributed by atoms with E-state index in [2.05, 4.69) is 10.2 Å². The van der Waals surface area contributed by atoms with Crippen molar-refractivity contribution >= 4 is 66.2 Å². The van der Waals surface area contributed by atoms with Crippen molar-refractivity contribution in [2.45, 2.75) is 17.9 Å². The molecule has 1 amide bonds. The van der Waals surface area contributed by atoms with Crippen LogP contribution >= 0.6 is 23.2 Å². The number of anilines is 3. The van der Waals surface area contributed by atoms with Crippen LogP contribution in [0.25, 0.3) is 0 Å². The Balaban J connectivity index is 1.47. The van der Waals surface area contributed by atoms with E-state index < -0.39 is 26.0 Å². The molecular formula is C26H28Cl2N4O5S2. The summed E-state index contributed by atoms with van der Waals surface area (Å²) in [5.74, 6) is -0.525. The van der Waals surface area contributed by atoms with E-state index in [1.165, 1.54) is 47.8 Å². The van der Waals surface area contributed by atoms with Gasteiger partial charge in [-0.05, 0) is 61.5 Å². The van der Waals surface area contributed by atoms with Gasteiger partial charge in [0.2, 0.25) is 20.0 Å². The summed E-state index contributed by atoms with van der Waals surface area (Å²) in [7, 11) is -5.99. The fraction of sp³-hybridized carbons (Fsp3) is 0.269. The van der Waals surface area contributed by atoms with Crippen LogP contribution in [0.1, 0.15) is 17.3 Å². The van der Waals surface area contributed by atoms with Gasteiger partial charge in [-0.2, -0.15) is 4.31 Å². The number of para-hydroxylation sites is 1. The number of benzene rings is 3. The molecule has 3 aromatic rings. The van der Waals surface area contributed by atoms with Crippen LogP contribution in [0.4, 0.5) is 17.1 Å². The number of piperazine rings is 1. The fourth-order valence-electron chi connectivity index (χ4n) is 4.41. The van der Waals surface area contributed by atoms with Crippen molar-refractivity contribution < 1.29 is 21.6 Å². The molecule has 1 N–H and O–H groups in total. The first-order chi connectivity index (χ1) is 18.3. The van der Waals surface area contributed by atoms with Gasteiger partial charge in [0.25, 0.3) is 5.91 Å². The Morgan fingerprint density at radius 1 is 0.949 bits per heavy atom. The molecule has 4 rings (SSSR count). The monoisotopic (exact) mass is 610 g/mol. The molecule has 1 fully saturated rings. The van der Waals surface area contributed by atoms with Gasteiger partial charge in [0.05, 0.1) is 22.4 Å². The number of carbonyl (C=O) groups is 1. The molecule has 9 nitrogen and oxygen atoms in total. The quantitative estimate of drug-likeness (QED) is 0.421. The SMILES string of the molecule is C[C@H]1CN(S(=O)(=O)c2ccc(NC(=O)c3ccccc3N(C)S(C)(=O)=O)cc2)CCN1c1cc(Cl)cc(Cl)c1. The minimum absolute atomic E-state index is 0.101. The molecule has 0 spiro atoms. The molecule has 0 radical (unpaired) electrons. The lowest BCUT2D eigenvalue weighted by Gasteiger charge is -2.40. The Bertz CT molecular complexity index is 1580. The molecule has 39 heavy (non-hydrogen) atoms. The number of amides is 1. The highest BCUT2D eigenvalue weighted by Crippen LogP contribution is 2.30. The molecule has 0 bridgehead atoms. The molecule has 0 unspecified atom stereocenters. The summed E-state index contributed by atoms with van der Waals surface area (Å²) < 4.78 is 53.2. The highest BCUT2D eigenvalue weighted by molar-refractivity contribution is 7.92. The van der Waals surface area contributed by atoms with Crippen LogP contribution in [-0.4, -0.2) is 66.0 Å². The molecule has 0 aliphatic carbocycles. The molecule has 1 heterocycles. The van der Waals surface area contributed by atoms with Crippen LogP contribution < -0.4 is 14.5 Å². The Morgan fingerprint density at radius 2 is 1.56 bits per heavy atom. The van der Waals surface area contributed by atoms with E-state index in [-0.39, 0.29) is 35.3 Å². The third kappa shape index (κ3) is 6.50. The van der Waals surface area contributed by atoms with Crippen LogP contribution in [0.3, 0.4) is 0 Å². The summed E-state index contributed by atoms with van der Waals surface area (Å²) in [6.45, 7) is 2.95. The maximum Gasteiger partial charge on any atom is 0.257 e. The van der Waals surface area contributed by atoms with Crippen molar-refractivity contribution in [3.8, 4) is 0 Å². The van der Waals surface area contributed by atoms with Gasteiger partial charge in [0, 0.05) is 54.1 Å². The van der Waals surface area contributed by atoms with Crippen molar-refractivity contribution in [2.24, 2.45) is 0 Å². The van der Waals surface area contributed by atoms with Gasteiger partial charge < -0.3 is 10.2 Å². The number of hydrogen-bond donors (Lipinski definition) is 1. The summed E-state index contributed by atoms with van der Waals surface area (Å²) >= 11 is 12.3. The summed E-state index contributed by atoms with van der Waals surface area (Å²) in [6.07, 6.45) is 1.05. The maximum atomic E-state index is 13.4. The topological polar surface area (TPSA) is 107 Å². The Hall–Kier alpha value is -2.83. The third-order valence-electron chi connectivity index (χ3n) is 6.50. The first kappa shape index (κ1) is 29.2. The maximum absolute atomic E-state index is 13.4. The smallest absolute Gasteiger partial charge is 0.257 e. The Labute approximate surface area is 239 Å². The lowest BCUT2D eigenvalue weighted by Crippen LogP contribution is -2.53. The summed E-state index contributed by atoms with van der Waals surface area (Å²) in [4.78, 5) is 15.1. The van der Waals surface area contributed by atoms with E-state index >= 15 is 0 Å². The van der Waals surface area contributed by atoms with Crippen molar-refractivity contribution in [3.63, 3.8) is 0 Å². The number of rotatable bonds is 7. The van der Waals surface area contributed by atoms with E-state index in [0.29, 0.717) is 22.3 Å². The van der Waals surface area contributed by atoms with Gasteiger partial charge in [-0.3, -0.25) is 9.10 Å². The molecule has 0 aromatic heterocycles. The predicted molar refractivity (Wildman–Crippen MR) is 156 cm³/mol. The number of nitrogens with zero attached hydrogens (tertiary/aromatic N) is 3. The normalized spacial score (nSPS) is 16.6. The second-order valence-corrected chi connectivity index (χ2v) is 14.1. The predicted octanol–water partition coefficient (Wildman–Crippen LogP) is 4.54. The van der Waals surface area contributed by atoms with Crippen LogP contribution in [0.5, 0.6) is 0 Å². The number of hydrogen-bond acceptors (Lipinski definition) is 6. The van der Waals surface area contributed by atoms with Crippen molar-refractivity contribution in [3.05, 3.63) is 82.3 Å². The van der Waals surface area contributed by atoms with E-state index in [1.54, 1.807) is 30.3 Å². The molecule has 3 aromatic carbocycles. The van der Waals surface area contributed by atoms with Crippen LogP contribution in [0.15, 0.2) is 71.6 Å². The van der Waals surface area contributed by atoms with Crippen LogP contribution in [0, 0.1) is 0 Å². The second-order valence-electron chi connectivity index (χ2n) is 9.26. The van der Waals surface area contributed by atoms with E-state index in [4.69, 9.17) is 23.2 Å². The van der Waals surface area contributed by atoms with Gasteiger partial charge in [-0.1, -0.05) is 35.3 Å². The van der Waals surface area contributed by atoms with E-state index in [0.717, 1.165) is 16.2 Å². The van der Waals surface area contributed by atoms with Gasteiger partial charge >= 0.3 is 0 Å². The van der Waals surface area contributed by atoms with Gasteiger partial charge in [-0.25, -0.2) is 16.8 Å². The van der Waals surface area contributed by atoms with Crippen molar-refractivity contribution in [1.82, 2.24) is 4.31 Å². The number of carbonyl (C=O) groups excluding carboxylic acids is 1. The fourth-order valence-corrected chi connectivity index (χ4v) is 6.95. The zero-order valence-corrected chi connectivity index (χ0v) is 24.6. The van der Waals surface area contributed by atoms with E-state index in [9.17, 15) is 21.6 Å². The number of sulfonamides is 2. The molecule has 1 aliphatic rings. The van der Waals surface area contributed by atoms with Crippen molar-refractivity contribution in [2.75, 3.05) is 47.5 Å². The highest BCUT2D eigenvalue weighted by atomic mass is 35.5. The average molecular weight is 612 g/mol. The molecular weight excluding hydrogens is 583 g/mol. The van der Waals surface area contributed by atoms with Crippen LogP contribution in [-0.2, 0) is 20.0 Å². The average Bonchev–Trinajstić information content (AvgIpc) is 2.87. The molecule has 1 saturated heterocycles. The van der Waals surface area contributed by atoms with Gasteiger partial charge in [0.15, 0.2) is 0 Å². The standard InChI is InChI=1S/C26H28Cl2N4O5S2/c1-18-17-31(12-13-32(18)22-15-19(27)14-20(28)16-22)39(36,37)23-10-8-21(9-11-23)29-26(33)24-6-4-5-7-25(24)30(2)38(3,34)35/h4-11,14-16,18H,12-13,17H2,1-3H3,(H,29,33)/t18-/m0/s1. The third-order valence-corrected chi connectivity index (χ3v) is 10.0. The largest absolute Gasteiger partial charge is 0.366 e. The number of halogens is 2. The first-order valence-corrected chi connectivity index (χ1v) is 16.0. The lowest BCUT2D eigenvalue weighted by atomic mass is 10.1. The molecule has 13 heteroatoms. The van der Waals surface area contributed by atoms with Crippen molar-refractivity contribution in [1.29, 1.82) is 0 Å². The van der Waals surface area contributed by atoms with Crippen LogP contribution in [0.2, 0.25) is 10.0 Å². The highest BCUT2D eigenvalue weighted by Gasteiger charge is 2.32. The molecule has 0 saturated carbocycles. The molecule has 1 atom stereocenters. The van der Waals surface area contributed by atoms with E-state index in [1.807, 2.05) is 6.92 Å². The zero-order chi connectivity index (χ0) is 28.5. The minimum Gasteiger partial charge on any atom is -0.366 e. The zero-order valence-electron chi connectivity index (χ0n) is 21.5. The summed E-state index contributed by atoms with van der Waals surface area (Å²) in [5, 5.41) is 3.73. The van der Waals surface area contributed by atoms with Gasteiger partial charge in [0.1, 0.15) is 0 Å². The van der Waals surface area contributed by atoms with Gasteiger partial charge in [-0.15, -0.1) is 0 Å². The Morgan fingerprint density at radius 3 is 2.15 bits per heavy atom. The minimum atomic E-state index is -3.78.